The molecule has 3 aromatic heterocycles. The van der Waals surface area contributed by atoms with Crippen molar-refractivity contribution in [3.8, 4) is 0 Å². The van der Waals surface area contributed by atoms with E-state index in [9.17, 15) is 0 Å². The first-order valence-electron chi connectivity index (χ1n) is 6.53. The fourth-order valence-corrected chi connectivity index (χ4v) is 2.91. The van der Waals surface area contributed by atoms with Gasteiger partial charge in [0.15, 0.2) is 0 Å². The fourth-order valence-electron chi connectivity index (χ4n) is 2.91. The van der Waals surface area contributed by atoms with Crippen molar-refractivity contribution < 1.29 is 0 Å². The SMILES string of the molecule is NC1CCN(c2cncc3cnc4[nH]ccc4c23)C1. The van der Waals surface area contributed by atoms with Crippen LogP contribution >= 0.6 is 0 Å². The third kappa shape index (κ3) is 1.58. The Morgan fingerprint density at radius 2 is 2.26 bits per heavy atom. The number of rotatable bonds is 1. The highest BCUT2D eigenvalue weighted by Gasteiger charge is 2.22. The van der Waals surface area contributed by atoms with E-state index in [4.69, 9.17) is 5.73 Å². The largest absolute Gasteiger partial charge is 0.368 e. The molecule has 3 N–H and O–H groups in total. The fraction of sp³-hybridized carbons (Fsp3) is 0.286. The van der Waals surface area contributed by atoms with Gasteiger partial charge in [-0.1, -0.05) is 0 Å². The summed E-state index contributed by atoms with van der Waals surface area (Å²) < 4.78 is 0. The maximum absolute atomic E-state index is 6.02. The van der Waals surface area contributed by atoms with Crippen molar-refractivity contribution >= 4 is 27.5 Å². The molecule has 4 rings (SSSR count). The maximum Gasteiger partial charge on any atom is 0.137 e. The van der Waals surface area contributed by atoms with Crippen LogP contribution in [0.25, 0.3) is 21.8 Å². The predicted molar refractivity (Wildman–Crippen MR) is 76.2 cm³/mol. The molecule has 1 fully saturated rings. The number of nitrogens with zero attached hydrogens (tertiary/aromatic N) is 3. The van der Waals surface area contributed by atoms with Gasteiger partial charge in [0.25, 0.3) is 0 Å². The lowest BCUT2D eigenvalue weighted by Gasteiger charge is -2.20. The highest BCUT2D eigenvalue weighted by molar-refractivity contribution is 6.10. The van der Waals surface area contributed by atoms with Crippen LogP contribution in [0.15, 0.2) is 30.9 Å². The van der Waals surface area contributed by atoms with Crippen LogP contribution in [0.5, 0.6) is 0 Å². The molecule has 0 aliphatic carbocycles. The minimum atomic E-state index is 0.263. The topological polar surface area (TPSA) is 70.8 Å². The van der Waals surface area contributed by atoms with Crippen molar-refractivity contribution in [1.29, 1.82) is 0 Å². The van der Waals surface area contributed by atoms with E-state index in [1.807, 2.05) is 24.8 Å². The van der Waals surface area contributed by atoms with Gasteiger partial charge in [0, 0.05) is 53.9 Å². The predicted octanol–water partition coefficient (Wildman–Crippen LogP) is 1.65. The molecule has 0 aromatic carbocycles. The molecule has 1 atom stereocenters. The summed E-state index contributed by atoms with van der Waals surface area (Å²) in [7, 11) is 0. The molecule has 96 valence electrons. The normalized spacial score (nSPS) is 19.6. The molecule has 4 heterocycles. The third-order valence-electron chi connectivity index (χ3n) is 3.85. The first-order chi connectivity index (χ1) is 9.33. The van der Waals surface area contributed by atoms with E-state index in [1.54, 1.807) is 0 Å². The zero-order valence-electron chi connectivity index (χ0n) is 10.5. The molecule has 1 saturated heterocycles. The number of H-pyrrole nitrogens is 1. The Bertz CT molecular complexity index is 748. The molecule has 1 aliphatic rings. The summed E-state index contributed by atoms with van der Waals surface area (Å²) >= 11 is 0. The molecule has 5 heteroatoms. The first kappa shape index (κ1) is 10.8. The standard InChI is InChI=1S/C14H15N5/c15-10-2-4-19(8-10)12-7-16-5-9-6-18-14-11(13(9)12)1-3-17-14/h1,3,5-7,10H,2,4,8,15H2,(H,17,18). The average molecular weight is 253 g/mol. The van der Waals surface area contributed by atoms with Gasteiger partial charge >= 0.3 is 0 Å². The number of fused-ring (bicyclic) bond motifs is 3. The van der Waals surface area contributed by atoms with Gasteiger partial charge in [-0.05, 0) is 12.5 Å². The monoisotopic (exact) mass is 253 g/mol. The minimum absolute atomic E-state index is 0.263. The van der Waals surface area contributed by atoms with Gasteiger partial charge in [-0.25, -0.2) is 4.98 Å². The van der Waals surface area contributed by atoms with Crippen LogP contribution in [0.1, 0.15) is 6.42 Å². The Morgan fingerprint density at radius 1 is 1.32 bits per heavy atom. The van der Waals surface area contributed by atoms with Crippen molar-refractivity contribution in [2.45, 2.75) is 12.5 Å². The molecule has 19 heavy (non-hydrogen) atoms. The second-order valence-electron chi connectivity index (χ2n) is 5.12. The van der Waals surface area contributed by atoms with E-state index in [2.05, 4.69) is 25.9 Å². The molecule has 3 aromatic rings. The molecule has 0 saturated carbocycles. The average Bonchev–Trinajstić information content (AvgIpc) is 3.06. The Balaban J connectivity index is 2.01. The number of aromatic nitrogens is 3. The van der Waals surface area contributed by atoms with Gasteiger partial charge < -0.3 is 15.6 Å². The van der Waals surface area contributed by atoms with Crippen LogP contribution in [0, 0.1) is 0 Å². The Hall–Kier alpha value is -2.14. The van der Waals surface area contributed by atoms with Crippen LogP contribution in [-0.4, -0.2) is 34.1 Å². The molecule has 1 unspecified atom stereocenters. The Morgan fingerprint density at radius 3 is 3.11 bits per heavy atom. The van der Waals surface area contributed by atoms with E-state index in [0.29, 0.717) is 0 Å². The summed E-state index contributed by atoms with van der Waals surface area (Å²) in [5.74, 6) is 0. The lowest BCUT2D eigenvalue weighted by Crippen LogP contribution is -2.26. The maximum atomic E-state index is 6.02. The number of anilines is 1. The quantitative estimate of drug-likeness (QED) is 0.691. The molecule has 0 spiro atoms. The highest BCUT2D eigenvalue weighted by atomic mass is 15.2. The number of nitrogens with one attached hydrogen (secondary N) is 1. The number of pyridine rings is 2. The smallest absolute Gasteiger partial charge is 0.137 e. The second kappa shape index (κ2) is 3.93. The molecule has 0 bridgehead atoms. The van der Waals surface area contributed by atoms with Crippen LogP contribution in [-0.2, 0) is 0 Å². The summed E-state index contributed by atoms with van der Waals surface area (Å²) in [6.07, 6.45) is 8.65. The minimum Gasteiger partial charge on any atom is -0.368 e. The molecule has 0 amide bonds. The Kier molecular flexibility index (Phi) is 2.22. The number of aromatic amines is 1. The summed E-state index contributed by atoms with van der Waals surface area (Å²) in [5.41, 5.74) is 8.10. The van der Waals surface area contributed by atoms with Gasteiger partial charge in [-0.15, -0.1) is 0 Å². The van der Waals surface area contributed by atoms with Crippen LogP contribution in [0.4, 0.5) is 5.69 Å². The highest BCUT2D eigenvalue weighted by Crippen LogP contribution is 2.32. The lowest BCUT2D eigenvalue weighted by molar-refractivity contribution is 0.752. The summed E-state index contributed by atoms with van der Waals surface area (Å²) in [6.45, 7) is 1.89. The molecule has 1 aliphatic heterocycles. The van der Waals surface area contributed by atoms with Gasteiger partial charge in [-0.3, -0.25) is 4.98 Å². The zero-order valence-corrected chi connectivity index (χ0v) is 10.5. The number of nitrogens with two attached hydrogens (primary N) is 1. The molecular formula is C14H15N5. The first-order valence-corrected chi connectivity index (χ1v) is 6.53. The van der Waals surface area contributed by atoms with Crippen LogP contribution in [0.2, 0.25) is 0 Å². The van der Waals surface area contributed by atoms with E-state index in [0.717, 1.165) is 41.6 Å². The van der Waals surface area contributed by atoms with E-state index in [-0.39, 0.29) is 6.04 Å². The van der Waals surface area contributed by atoms with Gasteiger partial charge in [0.1, 0.15) is 5.65 Å². The number of hydrogen-bond donors (Lipinski definition) is 2. The zero-order chi connectivity index (χ0) is 12.8. The second-order valence-corrected chi connectivity index (χ2v) is 5.12. The van der Waals surface area contributed by atoms with E-state index < -0.39 is 0 Å². The van der Waals surface area contributed by atoms with Gasteiger partial charge in [0.05, 0.1) is 11.9 Å². The summed E-state index contributed by atoms with van der Waals surface area (Å²) in [6, 6.07) is 2.34. The van der Waals surface area contributed by atoms with Crippen molar-refractivity contribution in [3.05, 3.63) is 30.9 Å². The van der Waals surface area contributed by atoms with Crippen molar-refractivity contribution in [1.82, 2.24) is 15.0 Å². The van der Waals surface area contributed by atoms with E-state index in [1.165, 1.54) is 5.39 Å². The molecule has 5 nitrogen and oxygen atoms in total. The van der Waals surface area contributed by atoms with E-state index >= 15 is 0 Å². The van der Waals surface area contributed by atoms with Crippen molar-refractivity contribution in [2.75, 3.05) is 18.0 Å². The molecule has 0 radical (unpaired) electrons. The van der Waals surface area contributed by atoms with Gasteiger partial charge in [-0.2, -0.15) is 0 Å². The lowest BCUT2D eigenvalue weighted by atomic mass is 10.1. The summed E-state index contributed by atoms with van der Waals surface area (Å²) in [4.78, 5) is 14.2. The van der Waals surface area contributed by atoms with Crippen molar-refractivity contribution in [2.24, 2.45) is 5.73 Å². The number of hydrogen-bond acceptors (Lipinski definition) is 4. The molecular weight excluding hydrogens is 238 g/mol. The Labute approximate surface area is 110 Å². The van der Waals surface area contributed by atoms with Crippen LogP contribution < -0.4 is 10.6 Å². The van der Waals surface area contributed by atoms with Gasteiger partial charge in [0.2, 0.25) is 0 Å². The van der Waals surface area contributed by atoms with Crippen molar-refractivity contribution in [3.63, 3.8) is 0 Å². The third-order valence-corrected chi connectivity index (χ3v) is 3.85. The summed E-state index contributed by atoms with van der Waals surface area (Å²) in [5, 5.41) is 3.44. The van der Waals surface area contributed by atoms with Crippen LogP contribution in [0.3, 0.4) is 0 Å².